The van der Waals surface area contributed by atoms with Crippen molar-refractivity contribution < 1.29 is 65.5 Å². The molecule has 7 rings (SSSR count). The van der Waals surface area contributed by atoms with Gasteiger partial charge < -0.3 is 34.5 Å². The monoisotopic (exact) mass is 970 g/mol. The SMILES string of the molecule is CC(C)(C)OC(=O)N[C@@H]1C(=O)N2C(C(=O)OC(c3ccccc3)c3ccccc3)=C(C=C3CCN(Cc4cc[n+](CC(=O)Nc5ccc(OC(=O)OC(C)(C)C)cc5C(F)(F)F)cc4)C3=O)CS[C@H]12. The van der Waals surface area contributed by atoms with Gasteiger partial charge in [-0.05, 0) is 94.5 Å². The van der Waals surface area contributed by atoms with Crippen molar-refractivity contribution in [2.75, 3.05) is 17.6 Å². The fourth-order valence-electron chi connectivity index (χ4n) is 7.66. The van der Waals surface area contributed by atoms with Crippen LogP contribution < -0.4 is 19.9 Å². The van der Waals surface area contributed by atoms with Gasteiger partial charge in [-0.15, -0.1) is 11.8 Å². The van der Waals surface area contributed by atoms with E-state index in [0.717, 1.165) is 12.1 Å². The number of rotatable bonds is 12. The number of hydrogen-bond acceptors (Lipinski definition) is 11. The molecule has 0 radical (unpaired) electrons. The van der Waals surface area contributed by atoms with E-state index in [1.807, 2.05) is 60.7 Å². The van der Waals surface area contributed by atoms with Crippen LogP contribution in [-0.2, 0) is 52.7 Å². The van der Waals surface area contributed by atoms with Gasteiger partial charge in [0.05, 0.1) is 11.3 Å². The molecule has 4 aromatic rings. The van der Waals surface area contributed by atoms with Gasteiger partial charge in [-0.2, -0.15) is 17.7 Å². The van der Waals surface area contributed by atoms with E-state index in [0.29, 0.717) is 46.9 Å². The summed E-state index contributed by atoms with van der Waals surface area (Å²) in [6.45, 7) is 10.00. The van der Waals surface area contributed by atoms with E-state index < -0.39 is 81.9 Å². The smallest absolute Gasteiger partial charge is 0.448 e. The van der Waals surface area contributed by atoms with E-state index >= 15 is 0 Å². The van der Waals surface area contributed by atoms with Crippen LogP contribution in [0.3, 0.4) is 0 Å². The first-order valence-electron chi connectivity index (χ1n) is 21.9. The summed E-state index contributed by atoms with van der Waals surface area (Å²) in [5.41, 5.74) is -0.640. The molecule has 0 aliphatic carbocycles. The summed E-state index contributed by atoms with van der Waals surface area (Å²) in [6, 6.07) is 23.4. The van der Waals surface area contributed by atoms with Crippen LogP contribution in [0.15, 0.2) is 126 Å². The topological polar surface area (TPSA) is 174 Å². The molecular formula is C50H51F3N5O10S+. The van der Waals surface area contributed by atoms with E-state index in [-0.39, 0.29) is 30.4 Å². The average Bonchev–Trinajstić information content (AvgIpc) is 3.61. The van der Waals surface area contributed by atoms with Gasteiger partial charge in [0.1, 0.15) is 34.1 Å². The van der Waals surface area contributed by atoms with E-state index in [9.17, 15) is 41.9 Å². The summed E-state index contributed by atoms with van der Waals surface area (Å²) in [5.74, 6) is -2.60. The predicted molar refractivity (Wildman–Crippen MR) is 246 cm³/mol. The molecule has 3 aromatic carbocycles. The number of alkyl halides is 3. The Hall–Kier alpha value is -7.15. The van der Waals surface area contributed by atoms with Gasteiger partial charge in [0.15, 0.2) is 18.5 Å². The van der Waals surface area contributed by atoms with Crippen molar-refractivity contribution in [3.05, 3.63) is 149 Å². The Kier molecular flexibility index (Phi) is 14.6. The zero-order valence-electron chi connectivity index (χ0n) is 38.6. The number of thioether (sulfide) groups is 1. The second-order valence-electron chi connectivity index (χ2n) is 18.4. The lowest BCUT2D eigenvalue weighted by Crippen LogP contribution is -2.70. The number of fused-ring (bicyclic) bond motifs is 1. The molecule has 4 amide bonds. The van der Waals surface area contributed by atoms with Crippen LogP contribution in [0.25, 0.3) is 0 Å². The standard InChI is InChI=1S/C50H50F3N5O10S/c1-48(2,3)67-46(63)55-39-43(61)58-40(45(62)66-41(31-13-9-7-10-14-31)32-15-11-8-12-16-32)34(29-69-44(39)58)25-33-21-24-57(42(33)60)27-30-19-22-56(23-20-30)28-38(59)54-37-18-17-35(26-36(37)50(51,52)53)65-47(64)68-49(4,5)6/h7-20,22-23,25-26,39,41,44H,21,24,27-29H2,1-6H3,(H-,54,55,59,63)/p+1/t39-,44-/m1/s1. The average molecular weight is 971 g/mol. The summed E-state index contributed by atoms with van der Waals surface area (Å²) in [6.07, 6.45) is -2.62. The number of β-lactam (4-membered cyclic amide) rings is 1. The second kappa shape index (κ2) is 20.2. The number of nitrogens with one attached hydrogen (secondary N) is 2. The van der Waals surface area contributed by atoms with Gasteiger partial charge in [0, 0.05) is 36.5 Å². The van der Waals surface area contributed by atoms with Gasteiger partial charge in [0.25, 0.3) is 11.8 Å². The maximum atomic E-state index is 14.5. The first-order chi connectivity index (χ1) is 32.5. The highest BCUT2D eigenvalue weighted by molar-refractivity contribution is 8.00. The first-order valence-corrected chi connectivity index (χ1v) is 23.0. The Morgan fingerprint density at radius 3 is 2.07 bits per heavy atom. The van der Waals surface area contributed by atoms with Gasteiger partial charge in [-0.25, -0.2) is 14.4 Å². The van der Waals surface area contributed by atoms with Crippen molar-refractivity contribution in [2.45, 2.75) is 96.0 Å². The number of allylic oxidation sites excluding steroid dienone is 1. The van der Waals surface area contributed by atoms with E-state index in [4.69, 9.17) is 18.9 Å². The minimum atomic E-state index is -4.90. The van der Waals surface area contributed by atoms with Gasteiger partial charge in [-0.3, -0.25) is 19.3 Å². The highest BCUT2D eigenvalue weighted by atomic mass is 32.2. The van der Waals surface area contributed by atoms with Crippen LogP contribution in [0.5, 0.6) is 5.75 Å². The van der Waals surface area contributed by atoms with Crippen molar-refractivity contribution in [1.29, 1.82) is 0 Å². The van der Waals surface area contributed by atoms with Crippen LogP contribution >= 0.6 is 11.8 Å². The molecular weight excluding hydrogens is 920 g/mol. The van der Waals surface area contributed by atoms with Gasteiger partial charge >= 0.3 is 24.4 Å². The third-order valence-electron chi connectivity index (χ3n) is 10.7. The molecule has 4 heterocycles. The van der Waals surface area contributed by atoms with Crippen LogP contribution in [-0.4, -0.2) is 80.7 Å². The molecule has 3 aliphatic heterocycles. The molecule has 19 heteroatoms. The maximum absolute atomic E-state index is 14.5. The number of anilines is 1. The number of pyridine rings is 1. The minimum absolute atomic E-state index is 0.0305. The van der Waals surface area contributed by atoms with E-state index in [1.165, 1.54) is 21.2 Å². The Morgan fingerprint density at radius 2 is 1.48 bits per heavy atom. The number of alkyl carbamates (subject to hydrolysis) is 1. The van der Waals surface area contributed by atoms with Gasteiger partial charge in [0.2, 0.25) is 12.5 Å². The van der Waals surface area contributed by atoms with Crippen molar-refractivity contribution in [3.8, 4) is 5.75 Å². The van der Waals surface area contributed by atoms with Gasteiger partial charge in [-0.1, -0.05) is 60.7 Å². The Bertz CT molecular complexity index is 2640. The zero-order valence-corrected chi connectivity index (χ0v) is 39.4. The quantitative estimate of drug-likeness (QED) is 0.0352. The summed E-state index contributed by atoms with van der Waals surface area (Å²) in [7, 11) is 0. The highest BCUT2D eigenvalue weighted by Gasteiger charge is 2.55. The molecule has 1 aromatic heterocycles. The van der Waals surface area contributed by atoms with E-state index in [2.05, 4.69) is 10.6 Å². The lowest BCUT2D eigenvalue weighted by atomic mass is 10.00. The summed E-state index contributed by atoms with van der Waals surface area (Å²) in [5, 5.41) is 4.26. The molecule has 2 atom stereocenters. The van der Waals surface area contributed by atoms with Crippen LogP contribution in [0.1, 0.15) is 76.3 Å². The highest BCUT2D eigenvalue weighted by Crippen LogP contribution is 2.43. The molecule has 0 spiro atoms. The third-order valence-corrected chi connectivity index (χ3v) is 12.0. The normalized spacial score (nSPS) is 17.9. The molecule has 69 heavy (non-hydrogen) atoms. The number of hydrogen-bond donors (Lipinski definition) is 2. The molecule has 0 bridgehead atoms. The molecule has 2 saturated heterocycles. The summed E-state index contributed by atoms with van der Waals surface area (Å²) >= 11 is 1.32. The van der Waals surface area contributed by atoms with E-state index in [1.54, 1.807) is 77.0 Å². The largest absolute Gasteiger partial charge is 0.514 e. The molecule has 2 fully saturated rings. The van der Waals surface area contributed by atoms with Crippen molar-refractivity contribution in [3.63, 3.8) is 0 Å². The number of benzene rings is 3. The number of aromatic nitrogens is 1. The number of amides is 4. The second-order valence-corrected chi connectivity index (χ2v) is 19.5. The molecule has 3 aliphatic rings. The molecule has 15 nitrogen and oxygen atoms in total. The van der Waals surface area contributed by atoms with Crippen molar-refractivity contribution in [2.24, 2.45) is 0 Å². The molecule has 0 unspecified atom stereocenters. The molecule has 0 saturated carbocycles. The number of halogens is 3. The number of likely N-dealkylation sites (tertiary alicyclic amines) is 1. The lowest BCUT2D eigenvalue weighted by molar-refractivity contribution is -0.684. The number of ether oxygens (including phenoxy) is 4. The fraction of sp³-hybridized carbons (Fsp3) is 0.340. The Morgan fingerprint density at radius 1 is 0.855 bits per heavy atom. The third kappa shape index (κ3) is 12.5. The molecule has 2 N–H and O–H groups in total. The van der Waals surface area contributed by atoms with Crippen LogP contribution in [0, 0.1) is 0 Å². The minimum Gasteiger partial charge on any atom is -0.448 e. The van der Waals surface area contributed by atoms with Crippen LogP contribution in [0.2, 0.25) is 0 Å². The first kappa shape index (κ1) is 49.7. The van der Waals surface area contributed by atoms with Crippen LogP contribution in [0.4, 0.5) is 28.4 Å². The summed E-state index contributed by atoms with van der Waals surface area (Å²) in [4.78, 5) is 82.9. The maximum Gasteiger partial charge on any atom is 0.514 e. The van der Waals surface area contributed by atoms with Crippen molar-refractivity contribution >= 4 is 53.4 Å². The lowest BCUT2D eigenvalue weighted by Gasteiger charge is -2.49. The molecule has 362 valence electrons. The predicted octanol–water partition coefficient (Wildman–Crippen LogP) is 8.00. The zero-order chi connectivity index (χ0) is 49.8. The Labute approximate surface area is 400 Å². The fourth-order valence-corrected chi connectivity index (χ4v) is 8.96. The number of carbonyl (C=O) groups is 6. The number of esters is 1. The number of nitrogens with zero attached hydrogens (tertiary/aromatic N) is 3. The summed E-state index contributed by atoms with van der Waals surface area (Å²) < 4.78 is 65.1. The van der Waals surface area contributed by atoms with Crippen molar-refractivity contribution in [1.82, 2.24) is 15.1 Å². The Balaban J connectivity index is 1.05. The number of carbonyl (C=O) groups excluding carboxylic acids is 6.